The van der Waals surface area contributed by atoms with E-state index in [4.69, 9.17) is 0 Å². The van der Waals surface area contributed by atoms with Crippen molar-refractivity contribution in [2.45, 2.75) is 13.3 Å². The number of pyridine rings is 2. The zero-order valence-electron chi connectivity index (χ0n) is 10.8. The molecular formula is C13H15N2O3P. The quantitative estimate of drug-likeness (QED) is 0.868. The smallest absolute Gasteiger partial charge is 0.320 e. The minimum atomic E-state index is -3.83. The first kappa shape index (κ1) is 13.9. The average molecular weight is 278 g/mol. The number of hydrogen-bond acceptors (Lipinski definition) is 4. The second kappa shape index (κ2) is 5.61. The van der Waals surface area contributed by atoms with Gasteiger partial charge >= 0.3 is 7.60 Å². The van der Waals surface area contributed by atoms with E-state index in [2.05, 4.69) is 14.5 Å². The molecule has 1 unspecified atom stereocenters. The molecule has 0 saturated carbocycles. The molecule has 2 rings (SSSR count). The van der Waals surface area contributed by atoms with E-state index < -0.39 is 7.60 Å². The SMILES string of the molecule is CCc1cccc(-c2cccc(P(=O)(O)OC)n2)n1. The fourth-order valence-electron chi connectivity index (χ4n) is 1.64. The highest BCUT2D eigenvalue weighted by Crippen LogP contribution is 2.38. The van der Waals surface area contributed by atoms with Crippen molar-refractivity contribution in [2.24, 2.45) is 0 Å². The van der Waals surface area contributed by atoms with Crippen molar-refractivity contribution in [1.29, 1.82) is 0 Å². The summed E-state index contributed by atoms with van der Waals surface area (Å²) in [6, 6.07) is 10.5. The Labute approximate surface area is 111 Å². The summed E-state index contributed by atoms with van der Waals surface area (Å²) in [6.45, 7) is 2.02. The van der Waals surface area contributed by atoms with Crippen LogP contribution in [-0.4, -0.2) is 22.0 Å². The molecule has 0 radical (unpaired) electrons. The molecule has 2 aromatic rings. The fraction of sp³-hybridized carbons (Fsp3) is 0.231. The third-order valence-corrected chi connectivity index (χ3v) is 4.03. The number of aryl methyl sites for hydroxylation is 1. The van der Waals surface area contributed by atoms with Gasteiger partial charge in [-0.15, -0.1) is 0 Å². The van der Waals surface area contributed by atoms with Crippen molar-refractivity contribution in [1.82, 2.24) is 9.97 Å². The molecule has 0 saturated heterocycles. The summed E-state index contributed by atoms with van der Waals surface area (Å²) >= 11 is 0. The molecule has 100 valence electrons. The van der Waals surface area contributed by atoms with Gasteiger partial charge in [-0.1, -0.05) is 19.1 Å². The maximum absolute atomic E-state index is 11.7. The van der Waals surface area contributed by atoms with E-state index in [9.17, 15) is 9.46 Å². The summed E-state index contributed by atoms with van der Waals surface area (Å²) < 4.78 is 16.3. The van der Waals surface area contributed by atoms with Crippen LogP contribution < -0.4 is 5.44 Å². The Morgan fingerprint density at radius 3 is 2.42 bits per heavy atom. The van der Waals surface area contributed by atoms with E-state index in [0.717, 1.165) is 12.1 Å². The molecule has 6 heteroatoms. The summed E-state index contributed by atoms with van der Waals surface area (Å²) in [5, 5.41) is 0. The van der Waals surface area contributed by atoms with Crippen molar-refractivity contribution in [3.05, 3.63) is 42.1 Å². The Morgan fingerprint density at radius 2 is 1.79 bits per heavy atom. The number of hydrogen-bond donors (Lipinski definition) is 1. The fourth-order valence-corrected chi connectivity index (χ4v) is 2.33. The van der Waals surface area contributed by atoms with Crippen molar-refractivity contribution in [3.8, 4) is 11.4 Å². The highest BCUT2D eigenvalue weighted by atomic mass is 31.2. The molecule has 0 bridgehead atoms. The first-order chi connectivity index (χ1) is 9.06. The first-order valence-electron chi connectivity index (χ1n) is 5.89. The second-order valence-electron chi connectivity index (χ2n) is 3.95. The Balaban J connectivity index is 2.46. The monoisotopic (exact) mass is 278 g/mol. The molecule has 0 aliphatic carbocycles. The van der Waals surface area contributed by atoms with Gasteiger partial charge in [0.1, 0.15) is 0 Å². The van der Waals surface area contributed by atoms with Crippen LogP contribution in [0.4, 0.5) is 0 Å². The molecule has 19 heavy (non-hydrogen) atoms. The lowest BCUT2D eigenvalue weighted by Gasteiger charge is -2.09. The maximum atomic E-state index is 11.7. The Kier molecular flexibility index (Phi) is 4.10. The Morgan fingerprint density at radius 1 is 1.16 bits per heavy atom. The van der Waals surface area contributed by atoms with E-state index in [1.54, 1.807) is 12.1 Å². The molecule has 0 spiro atoms. The van der Waals surface area contributed by atoms with Gasteiger partial charge < -0.3 is 9.42 Å². The first-order valence-corrected chi connectivity index (χ1v) is 7.47. The Hall–Kier alpha value is -1.55. The molecule has 0 aliphatic rings. The van der Waals surface area contributed by atoms with Gasteiger partial charge in [0.05, 0.1) is 11.4 Å². The van der Waals surface area contributed by atoms with Gasteiger partial charge in [0.2, 0.25) is 0 Å². The summed E-state index contributed by atoms with van der Waals surface area (Å²) in [5.74, 6) is 0. The highest BCUT2D eigenvalue weighted by Gasteiger charge is 2.23. The van der Waals surface area contributed by atoms with Crippen LogP contribution in [0.2, 0.25) is 0 Å². The third kappa shape index (κ3) is 3.07. The van der Waals surface area contributed by atoms with Crippen LogP contribution in [0.25, 0.3) is 11.4 Å². The number of aromatic nitrogens is 2. The summed E-state index contributed by atoms with van der Waals surface area (Å²) in [6.07, 6.45) is 0.824. The van der Waals surface area contributed by atoms with Gasteiger partial charge in [0.25, 0.3) is 0 Å². The predicted molar refractivity (Wildman–Crippen MR) is 73.3 cm³/mol. The van der Waals surface area contributed by atoms with Crippen molar-refractivity contribution >= 4 is 13.0 Å². The van der Waals surface area contributed by atoms with E-state index in [1.165, 1.54) is 13.2 Å². The van der Waals surface area contributed by atoms with Gasteiger partial charge in [-0.05, 0) is 30.7 Å². The molecule has 0 aromatic carbocycles. The molecule has 0 fully saturated rings. The lowest BCUT2D eigenvalue weighted by molar-refractivity contribution is 0.327. The van der Waals surface area contributed by atoms with Crippen molar-refractivity contribution < 1.29 is 14.0 Å². The van der Waals surface area contributed by atoms with E-state index in [1.807, 2.05) is 25.1 Å². The van der Waals surface area contributed by atoms with Crippen LogP contribution in [-0.2, 0) is 15.5 Å². The van der Waals surface area contributed by atoms with Gasteiger partial charge in [-0.3, -0.25) is 9.55 Å². The van der Waals surface area contributed by atoms with Gasteiger partial charge in [-0.25, -0.2) is 4.98 Å². The van der Waals surface area contributed by atoms with E-state index in [-0.39, 0.29) is 5.44 Å². The molecule has 1 atom stereocenters. The van der Waals surface area contributed by atoms with Crippen LogP contribution in [0.15, 0.2) is 36.4 Å². The topological polar surface area (TPSA) is 72.3 Å². The van der Waals surface area contributed by atoms with Gasteiger partial charge in [0.15, 0.2) is 5.44 Å². The number of rotatable bonds is 4. The standard InChI is InChI=1S/C13H15N2O3P/c1-3-10-6-4-7-11(14-10)12-8-5-9-13(15-12)19(16,17)18-2/h4-9H,3H2,1-2H3,(H,16,17). The van der Waals surface area contributed by atoms with Crippen molar-refractivity contribution in [3.63, 3.8) is 0 Å². The molecule has 1 N–H and O–H groups in total. The van der Waals surface area contributed by atoms with Crippen LogP contribution in [0.3, 0.4) is 0 Å². The molecular weight excluding hydrogens is 263 g/mol. The van der Waals surface area contributed by atoms with Crippen LogP contribution in [0, 0.1) is 0 Å². The zero-order valence-corrected chi connectivity index (χ0v) is 11.7. The molecule has 2 heterocycles. The average Bonchev–Trinajstić information content (AvgIpc) is 2.47. The van der Waals surface area contributed by atoms with E-state index >= 15 is 0 Å². The summed E-state index contributed by atoms with van der Waals surface area (Å²) in [4.78, 5) is 18.2. The second-order valence-corrected chi connectivity index (χ2v) is 5.82. The number of nitrogens with zero attached hydrogens (tertiary/aromatic N) is 2. The predicted octanol–water partition coefficient (Wildman–Crippen LogP) is 2.16. The normalized spacial score (nSPS) is 14.1. The third-order valence-electron chi connectivity index (χ3n) is 2.70. The van der Waals surface area contributed by atoms with Crippen LogP contribution in [0.5, 0.6) is 0 Å². The summed E-state index contributed by atoms with van der Waals surface area (Å²) in [5.41, 5.74) is 2.20. The van der Waals surface area contributed by atoms with Crippen LogP contribution in [0.1, 0.15) is 12.6 Å². The van der Waals surface area contributed by atoms with Gasteiger partial charge in [0, 0.05) is 12.8 Å². The molecule has 0 amide bonds. The molecule has 2 aromatic heterocycles. The largest absolute Gasteiger partial charge is 0.376 e. The zero-order chi connectivity index (χ0) is 13.9. The molecule has 0 aliphatic heterocycles. The summed E-state index contributed by atoms with van der Waals surface area (Å²) in [7, 11) is -2.65. The minimum Gasteiger partial charge on any atom is -0.320 e. The van der Waals surface area contributed by atoms with Crippen molar-refractivity contribution in [2.75, 3.05) is 7.11 Å². The van der Waals surface area contributed by atoms with Gasteiger partial charge in [-0.2, -0.15) is 0 Å². The molecule has 5 nitrogen and oxygen atoms in total. The lowest BCUT2D eigenvalue weighted by Crippen LogP contribution is -2.11. The maximum Gasteiger partial charge on any atom is 0.376 e. The Bertz CT molecular complexity index is 631. The highest BCUT2D eigenvalue weighted by molar-refractivity contribution is 7.60. The van der Waals surface area contributed by atoms with Crippen LogP contribution >= 0.6 is 7.60 Å². The minimum absolute atomic E-state index is 0.0243. The van der Waals surface area contributed by atoms with E-state index in [0.29, 0.717) is 11.4 Å². The lowest BCUT2D eigenvalue weighted by atomic mass is 10.2.